The molecule has 4 rings (SSSR count). The average Bonchev–Trinajstić information content (AvgIpc) is 3.19. The van der Waals surface area contributed by atoms with Gasteiger partial charge in [-0.1, -0.05) is 61.9 Å². The summed E-state index contributed by atoms with van der Waals surface area (Å²) in [6, 6.07) is 22.8. The van der Waals surface area contributed by atoms with Crippen LogP contribution in [0.25, 0.3) is 11.1 Å². The van der Waals surface area contributed by atoms with E-state index in [-0.39, 0.29) is 30.8 Å². The second-order valence-corrected chi connectivity index (χ2v) is 8.61. The Bertz CT molecular complexity index is 1180. The second-order valence-electron chi connectivity index (χ2n) is 8.61. The number of ether oxygens (including phenoxy) is 1. The van der Waals surface area contributed by atoms with E-state index >= 15 is 0 Å². The average molecular weight is 473 g/mol. The highest BCUT2D eigenvalue weighted by atomic mass is 16.5. The van der Waals surface area contributed by atoms with Gasteiger partial charge in [0.2, 0.25) is 0 Å². The van der Waals surface area contributed by atoms with Gasteiger partial charge in [0.15, 0.2) is 0 Å². The van der Waals surface area contributed by atoms with Crippen LogP contribution in [0.5, 0.6) is 0 Å². The number of carboxylic acid groups (broad SMARTS) is 1. The van der Waals surface area contributed by atoms with Gasteiger partial charge in [-0.3, -0.25) is 14.9 Å². The second kappa shape index (κ2) is 10.9. The summed E-state index contributed by atoms with van der Waals surface area (Å²) < 4.78 is 5.55. The summed E-state index contributed by atoms with van der Waals surface area (Å²) in [5.41, 5.74) is 5.55. The van der Waals surface area contributed by atoms with Gasteiger partial charge in [0.25, 0.3) is 5.91 Å². The molecule has 1 atom stereocenters. The van der Waals surface area contributed by atoms with E-state index in [1.54, 1.807) is 24.3 Å². The predicted molar refractivity (Wildman–Crippen MR) is 134 cm³/mol. The number of anilines is 1. The molecule has 0 aromatic heterocycles. The van der Waals surface area contributed by atoms with Crippen molar-refractivity contribution in [3.63, 3.8) is 0 Å². The first-order chi connectivity index (χ1) is 17.0. The van der Waals surface area contributed by atoms with E-state index in [4.69, 9.17) is 9.84 Å². The summed E-state index contributed by atoms with van der Waals surface area (Å²) in [6.07, 6.45) is 0.110. The van der Waals surface area contributed by atoms with E-state index < -0.39 is 12.1 Å². The van der Waals surface area contributed by atoms with Crippen molar-refractivity contribution in [1.29, 1.82) is 0 Å². The Labute approximate surface area is 204 Å². The fraction of sp³-hybridized carbons (Fsp3) is 0.250. The van der Waals surface area contributed by atoms with Crippen LogP contribution < -0.4 is 10.6 Å². The zero-order valence-electron chi connectivity index (χ0n) is 19.5. The Morgan fingerprint density at radius 3 is 2.09 bits per heavy atom. The summed E-state index contributed by atoms with van der Waals surface area (Å²) in [5, 5.41) is 14.4. The van der Waals surface area contributed by atoms with Crippen molar-refractivity contribution in [2.75, 3.05) is 18.5 Å². The molecule has 2 amide bonds. The van der Waals surface area contributed by atoms with E-state index in [1.807, 2.05) is 31.2 Å². The Balaban J connectivity index is 1.31. The van der Waals surface area contributed by atoms with Gasteiger partial charge in [0.05, 0.1) is 0 Å². The molecule has 0 heterocycles. The third-order valence-electron chi connectivity index (χ3n) is 6.33. The number of carbonyl (C=O) groups excluding carboxylic acids is 2. The standard InChI is InChI=1S/C28H28N2O5/c1-2-18(15-26(31)32)16-29-27(33)19-11-13-20(14-12-19)30-28(34)35-17-25-23-9-5-3-7-21(23)22-8-4-6-10-24(22)25/h3-14,18,25H,2,15-17H2,1H3,(H,29,33)(H,30,34)(H,31,32). The molecule has 0 saturated heterocycles. The lowest BCUT2D eigenvalue weighted by Crippen LogP contribution is -2.30. The lowest BCUT2D eigenvalue weighted by molar-refractivity contribution is -0.138. The van der Waals surface area contributed by atoms with Gasteiger partial charge in [-0.2, -0.15) is 0 Å². The van der Waals surface area contributed by atoms with Gasteiger partial charge in [-0.05, 0) is 52.4 Å². The molecule has 1 unspecified atom stereocenters. The highest BCUT2D eigenvalue weighted by Gasteiger charge is 2.29. The largest absolute Gasteiger partial charge is 0.481 e. The van der Waals surface area contributed by atoms with Crippen LogP contribution in [0, 0.1) is 5.92 Å². The van der Waals surface area contributed by atoms with Crippen LogP contribution in [0.4, 0.5) is 10.5 Å². The van der Waals surface area contributed by atoms with Crippen molar-refractivity contribution >= 4 is 23.7 Å². The van der Waals surface area contributed by atoms with Crippen molar-refractivity contribution in [2.45, 2.75) is 25.7 Å². The number of amides is 2. The normalized spacial score (nSPS) is 12.8. The maximum atomic E-state index is 12.4. The molecule has 35 heavy (non-hydrogen) atoms. The van der Waals surface area contributed by atoms with Crippen molar-refractivity contribution in [2.24, 2.45) is 5.92 Å². The molecule has 0 fully saturated rings. The van der Waals surface area contributed by atoms with Crippen LogP contribution in [0.3, 0.4) is 0 Å². The molecule has 7 heteroatoms. The van der Waals surface area contributed by atoms with E-state index in [2.05, 4.69) is 34.9 Å². The van der Waals surface area contributed by atoms with Gasteiger partial charge < -0.3 is 15.2 Å². The van der Waals surface area contributed by atoms with E-state index in [9.17, 15) is 14.4 Å². The monoisotopic (exact) mass is 472 g/mol. The first-order valence-corrected chi connectivity index (χ1v) is 11.7. The SMILES string of the molecule is CCC(CNC(=O)c1ccc(NC(=O)OCC2c3ccccc3-c3ccccc32)cc1)CC(=O)O. The zero-order chi connectivity index (χ0) is 24.8. The molecular formula is C28H28N2O5. The molecule has 0 aliphatic heterocycles. The Kier molecular flexibility index (Phi) is 7.45. The van der Waals surface area contributed by atoms with Crippen LogP contribution >= 0.6 is 0 Å². The molecular weight excluding hydrogens is 444 g/mol. The van der Waals surface area contributed by atoms with Crippen molar-refractivity contribution in [3.05, 3.63) is 89.5 Å². The number of fused-ring (bicyclic) bond motifs is 3. The summed E-state index contributed by atoms with van der Waals surface area (Å²) in [4.78, 5) is 35.7. The van der Waals surface area contributed by atoms with Crippen LogP contribution in [0.15, 0.2) is 72.8 Å². The Hall–Kier alpha value is -4.13. The molecule has 1 aliphatic rings. The van der Waals surface area contributed by atoms with Gasteiger partial charge in [0, 0.05) is 30.1 Å². The van der Waals surface area contributed by atoms with Gasteiger partial charge >= 0.3 is 12.1 Å². The van der Waals surface area contributed by atoms with Crippen molar-refractivity contribution < 1.29 is 24.2 Å². The molecule has 3 N–H and O–H groups in total. The van der Waals surface area contributed by atoms with Crippen LogP contribution in [-0.2, 0) is 9.53 Å². The number of benzene rings is 3. The zero-order valence-corrected chi connectivity index (χ0v) is 19.5. The minimum Gasteiger partial charge on any atom is -0.481 e. The van der Waals surface area contributed by atoms with E-state index in [0.717, 1.165) is 11.1 Å². The molecule has 0 bridgehead atoms. The number of rotatable bonds is 9. The maximum Gasteiger partial charge on any atom is 0.411 e. The number of nitrogens with one attached hydrogen (secondary N) is 2. The number of aliphatic carboxylic acids is 1. The Morgan fingerprint density at radius 2 is 1.51 bits per heavy atom. The first-order valence-electron chi connectivity index (χ1n) is 11.7. The van der Waals surface area contributed by atoms with Gasteiger partial charge in [-0.25, -0.2) is 4.79 Å². The summed E-state index contributed by atoms with van der Waals surface area (Å²) in [7, 11) is 0. The van der Waals surface area contributed by atoms with Crippen LogP contribution in [0.1, 0.15) is 47.2 Å². The summed E-state index contributed by atoms with van der Waals surface area (Å²) >= 11 is 0. The lowest BCUT2D eigenvalue weighted by Gasteiger charge is -2.15. The van der Waals surface area contributed by atoms with E-state index in [1.165, 1.54) is 11.1 Å². The minimum atomic E-state index is -0.880. The summed E-state index contributed by atoms with van der Waals surface area (Å²) in [6.45, 7) is 2.40. The molecule has 0 radical (unpaired) electrons. The van der Waals surface area contributed by atoms with Crippen molar-refractivity contribution in [3.8, 4) is 11.1 Å². The Morgan fingerprint density at radius 1 is 0.914 bits per heavy atom. The maximum absolute atomic E-state index is 12.4. The molecule has 3 aromatic rings. The molecule has 0 spiro atoms. The number of carbonyl (C=O) groups is 3. The van der Waals surface area contributed by atoms with Gasteiger partial charge in [0.1, 0.15) is 6.61 Å². The summed E-state index contributed by atoms with van der Waals surface area (Å²) in [5.74, 6) is -1.31. The highest BCUT2D eigenvalue weighted by molar-refractivity contribution is 5.95. The molecule has 3 aromatic carbocycles. The van der Waals surface area contributed by atoms with Crippen molar-refractivity contribution in [1.82, 2.24) is 5.32 Å². The van der Waals surface area contributed by atoms with Crippen LogP contribution in [0.2, 0.25) is 0 Å². The minimum absolute atomic E-state index is 0.0137. The third kappa shape index (κ3) is 5.69. The fourth-order valence-corrected chi connectivity index (χ4v) is 4.40. The molecule has 1 aliphatic carbocycles. The first kappa shape index (κ1) is 24.0. The fourth-order valence-electron chi connectivity index (χ4n) is 4.40. The predicted octanol–water partition coefficient (Wildman–Crippen LogP) is 5.28. The highest BCUT2D eigenvalue weighted by Crippen LogP contribution is 2.44. The molecule has 0 saturated carbocycles. The topological polar surface area (TPSA) is 105 Å². The smallest absolute Gasteiger partial charge is 0.411 e. The van der Waals surface area contributed by atoms with Gasteiger partial charge in [-0.15, -0.1) is 0 Å². The quantitative estimate of drug-likeness (QED) is 0.393. The third-order valence-corrected chi connectivity index (χ3v) is 6.33. The molecule has 180 valence electrons. The number of hydrogen-bond acceptors (Lipinski definition) is 4. The van der Waals surface area contributed by atoms with Crippen LogP contribution in [-0.4, -0.2) is 36.2 Å². The number of carboxylic acids is 1. The number of hydrogen-bond donors (Lipinski definition) is 3. The van der Waals surface area contributed by atoms with E-state index in [0.29, 0.717) is 24.2 Å². The molecule has 7 nitrogen and oxygen atoms in total. The lowest BCUT2D eigenvalue weighted by atomic mass is 9.98.